The van der Waals surface area contributed by atoms with Crippen molar-refractivity contribution in [2.45, 2.75) is 57.5 Å². The van der Waals surface area contributed by atoms with Crippen LogP contribution in [0.25, 0.3) is 22.4 Å². The first-order valence-electron chi connectivity index (χ1n) is 15.9. The lowest BCUT2D eigenvalue weighted by atomic mass is 9.83. The van der Waals surface area contributed by atoms with Gasteiger partial charge in [-0.3, -0.25) is 14.4 Å². The summed E-state index contributed by atoms with van der Waals surface area (Å²) >= 11 is 1.65. The molecule has 1 saturated carbocycles. The Bertz CT molecular complexity index is 1610. The average Bonchev–Trinajstić information content (AvgIpc) is 3.73. The molecule has 2 aromatic heterocycles. The zero-order chi connectivity index (χ0) is 31.3. The Labute approximate surface area is 267 Å². The fraction of sp³-hybridized carbons (Fsp3) is 0.441. The quantitative estimate of drug-likeness (QED) is 0.231. The van der Waals surface area contributed by atoms with Crippen LogP contribution < -0.4 is 15.5 Å². The molecule has 11 heteroatoms. The molecule has 2 fully saturated rings. The van der Waals surface area contributed by atoms with Crippen LogP contribution in [0.1, 0.15) is 66.5 Å². The summed E-state index contributed by atoms with van der Waals surface area (Å²) in [6, 6.07) is 13.6. The second kappa shape index (κ2) is 13.9. The fourth-order valence-corrected chi connectivity index (χ4v) is 7.05. The van der Waals surface area contributed by atoms with E-state index in [1.165, 1.54) is 0 Å². The van der Waals surface area contributed by atoms with E-state index in [9.17, 15) is 14.4 Å². The largest absolute Gasteiger partial charge is 0.434 e. The van der Waals surface area contributed by atoms with E-state index in [0.29, 0.717) is 42.3 Å². The van der Waals surface area contributed by atoms with Crippen LogP contribution in [0.4, 0.5) is 5.13 Å². The number of carbonyl (C=O) groups is 3. The Kier molecular flexibility index (Phi) is 9.56. The van der Waals surface area contributed by atoms with Gasteiger partial charge in [-0.2, -0.15) is 0 Å². The molecular formula is C34H40N6O4S. The van der Waals surface area contributed by atoms with Crippen molar-refractivity contribution in [1.29, 1.82) is 0 Å². The van der Waals surface area contributed by atoms with Crippen LogP contribution in [0.5, 0.6) is 0 Å². The van der Waals surface area contributed by atoms with Crippen LogP contribution in [0.15, 0.2) is 58.3 Å². The van der Waals surface area contributed by atoms with Crippen molar-refractivity contribution in [3.63, 3.8) is 0 Å². The topological polar surface area (TPSA) is 121 Å². The molecule has 10 nitrogen and oxygen atoms in total. The Morgan fingerprint density at radius 3 is 2.51 bits per heavy atom. The highest BCUT2D eigenvalue weighted by atomic mass is 32.1. The maximum Gasteiger partial charge on any atom is 0.266 e. The van der Waals surface area contributed by atoms with Crippen LogP contribution in [-0.4, -0.2) is 77.8 Å². The smallest absolute Gasteiger partial charge is 0.266 e. The number of hydrogen-bond donors (Lipinski definition) is 2. The third-order valence-corrected chi connectivity index (χ3v) is 9.74. The minimum Gasteiger partial charge on any atom is -0.434 e. The number of oxazole rings is 1. The van der Waals surface area contributed by atoms with E-state index in [2.05, 4.69) is 37.8 Å². The maximum atomic E-state index is 13.6. The number of Topliss-reactive ketones (excluding diaryl/α,β-unsaturated/α-hetero) is 1. The summed E-state index contributed by atoms with van der Waals surface area (Å²) in [6.45, 7) is 5.96. The number of hydrogen-bond acceptors (Lipinski definition) is 9. The number of ketones is 1. The summed E-state index contributed by atoms with van der Waals surface area (Å²) in [5.41, 5.74) is 3.54. The molecule has 2 amide bonds. The molecule has 0 spiro atoms. The van der Waals surface area contributed by atoms with Gasteiger partial charge in [0, 0.05) is 48.7 Å². The van der Waals surface area contributed by atoms with Crippen LogP contribution in [0.3, 0.4) is 0 Å². The van der Waals surface area contributed by atoms with Gasteiger partial charge in [0.25, 0.3) is 11.8 Å². The molecule has 6 rings (SSSR count). The number of piperazine rings is 1. The molecule has 1 saturated heterocycles. The summed E-state index contributed by atoms with van der Waals surface area (Å²) in [6.07, 6.45) is 4.33. The maximum absolute atomic E-state index is 13.6. The van der Waals surface area contributed by atoms with E-state index in [4.69, 9.17) is 9.40 Å². The predicted molar refractivity (Wildman–Crippen MR) is 176 cm³/mol. The van der Waals surface area contributed by atoms with E-state index in [0.717, 1.165) is 55.4 Å². The second-order valence-electron chi connectivity index (χ2n) is 12.1. The average molecular weight is 629 g/mol. The molecule has 2 aliphatic rings. The first-order valence-corrected chi connectivity index (χ1v) is 16.8. The lowest BCUT2D eigenvalue weighted by molar-refractivity contribution is -0.127. The number of nitrogens with zero attached hydrogens (tertiary/aromatic N) is 4. The lowest BCUT2D eigenvalue weighted by Gasteiger charge is -2.32. The molecule has 3 heterocycles. The van der Waals surface area contributed by atoms with Crippen LogP contribution >= 0.6 is 11.3 Å². The third-order valence-electron chi connectivity index (χ3n) is 8.84. The summed E-state index contributed by atoms with van der Waals surface area (Å²) in [5.74, 6) is -1.21. The molecule has 4 aromatic rings. The van der Waals surface area contributed by atoms with Gasteiger partial charge in [0.1, 0.15) is 5.52 Å². The zero-order valence-corrected chi connectivity index (χ0v) is 26.6. The molecule has 45 heavy (non-hydrogen) atoms. The van der Waals surface area contributed by atoms with Gasteiger partial charge < -0.3 is 24.9 Å². The molecule has 2 aromatic carbocycles. The first kappa shape index (κ1) is 30.9. The second-order valence-corrected chi connectivity index (χ2v) is 12.9. The minimum absolute atomic E-state index is 0.0000907. The summed E-state index contributed by atoms with van der Waals surface area (Å²) < 4.78 is 5.70. The Morgan fingerprint density at radius 1 is 1.00 bits per heavy atom. The molecule has 2 N–H and O–H groups in total. The van der Waals surface area contributed by atoms with Gasteiger partial charge in [0.15, 0.2) is 10.7 Å². The van der Waals surface area contributed by atoms with Gasteiger partial charge >= 0.3 is 0 Å². The van der Waals surface area contributed by atoms with Crippen molar-refractivity contribution in [2.24, 2.45) is 5.92 Å². The SMILES string of the molecule is CCC[C@H](NC(=O)[C@H]1CCCC[C@H]1NC(=O)c1ccc(-c2csc(N3CCN(C)CC3)n2)cc1)C(=O)c1nc2ccccc2o1. The number of fused-ring (bicyclic) bond motifs is 1. The number of amides is 2. The molecular weight excluding hydrogens is 588 g/mol. The number of thiazole rings is 1. The molecule has 236 valence electrons. The summed E-state index contributed by atoms with van der Waals surface area (Å²) in [7, 11) is 2.14. The Balaban J connectivity index is 1.09. The first-order chi connectivity index (χ1) is 21.9. The zero-order valence-electron chi connectivity index (χ0n) is 25.8. The molecule has 3 atom stereocenters. The van der Waals surface area contributed by atoms with Gasteiger partial charge in [0.2, 0.25) is 11.7 Å². The highest BCUT2D eigenvalue weighted by molar-refractivity contribution is 7.14. The summed E-state index contributed by atoms with van der Waals surface area (Å²) in [5, 5.41) is 9.19. The van der Waals surface area contributed by atoms with E-state index in [-0.39, 0.29) is 29.5 Å². The normalized spacial score (nSPS) is 19.7. The van der Waals surface area contributed by atoms with Gasteiger partial charge in [-0.1, -0.05) is 50.5 Å². The van der Waals surface area contributed by atoms with Crippen molar-refractivity contribution >= 4 is 45.2 Å². The standard InChI is InChI=1S/C34H40N6O4S/c1-3-8-27(30(41)33-37-26-11-6-7-12-29(26)44-33)36-32(43)24-9-4-5-10-25(24)35-31(42)23-15-13-22(14-16-23)28-21-45-34(38-28)40-19-17-39(2)18-20-40/h6-7,11-16,21,24-25,27H,3-5,8-10,17-20H2,1-2H3,(H,35,42)(H,36,43)/t24-,25+,27-/m0/s1. The van der Waals surface area contributed by atoms with E-state index in [1.54, 1.807) is 23.5 Å². The molecule has 1 aliphatic carbocycles. The number of nitrogens with one attached hydrogen (secondary N) is 2. The number of anilines is 1. The third kappa shape index (κ3) is 7.10. The lowest BCUT2D eigenvalue weighted by Crippen LogP contribution is -2.51. The van der Waals surface area contributed by atoms with Gasteiger partial charge in [-0.25, -0.2) is 9.97 Å². The van der Waals surface area contributed by atoms with Crippen molar-refractivity contribution in [2.75, 3.05) is 38.1 Å². The molecule has 0 unspecified atom stereocenters. The molecule has 0 bridgehead atoms. The predicted octanol–water partition coefficient (Wildman–Crippen LogP) is 5.16. The van der Waals surface area contributed by atoms with Crippen LogP contribution in [0, 0.1) is 5.92 Å². The van der Waals surface area contributed by atoms with Crippen LogP contribution in [0.2, 0.25) is 0 Å². The van der Waals surface area contributed by atoms with Crippen LogP contribution in [-0.2, 0) is 4.79 Å². The fourth-order valence-electron chi connectivity index (χ4n) is 6.16. The van der Waals surface area contributed by atoms with Crippen molar-refractivity contribution in [3.8, 4) is 11.3 Å². The number of para-hydroxylation sites is 2. The van der Waals surface area contributed by atoms with Gasteiger partial charge in [-0.05, 0) is 50.6 Å². The van der Waals surface area contributed by atoms with Gasteiger partial charge in [0.05, 0.1) is 17.7 Å². The number of carbonyl (C=O) groups excluding carboxylic acids is 3. The molecule has 1 aliphatic heterocycles. The number of rotatable bonds is 10. The number of likely N-dealkylation sites (N-methyl/N-ethyl adjacent to an activating group) is 1. The monoisotopic (exact) mass is 628 g/mol. The van der Waals surface area contributed by atoms with E-state index in [1.807, 2.05) is 43.3 Å². The van der Waals surface area contributed by atoms with E-state index >= 15 is 0 Å². The van der Waals surface area contributed by atoms with Crippen molar-refractivity contribution in [3.05, 3.63) is 65.4 Å². The summed E-state index contributed by atoms with van der Waals surface area (Å²) in [4.78, 5) is 54.1. The number of aromatic nitrogens is 2. The Hall–Kier alpha value is -4.09. The van der Waals surface area contributed by atoms with Gasteiger partial charge in [-0.15, -0.1) is 11.3 Å². The highest BCUT2D eigenvalue weighted by Crippen LogP contribution is 2.29. The van der Waals surface area contributed by atoms with Crippen molar-refractivity contribution in [1.82, 2.24) is 25.5 Å². The number of benzene rings is 2. The Morgan fingerprint density at radius 2 is 1.76 bits per heavy atom. The minimum atomic E-state index is -0.746. The van der Waals surface area contributed by atoms with Crippen molar-refractivity contribution < 1.29 is 18.8 Å². The highest BCUT2D eigenvalue weighted by Gasteiger charge is 2.35. The molecule has 0 radical (unpaired) electrons. The van der Waals surface area contributed by atoms with E-state index < -0.39 is 12.0 Å².